The summed E-state index contributed by atoms with van der Waals surface area (Å²) in [4.78, 5) is 25.5. The number of ether oxygens (including phenoxy) is 2. The molecule has 0 unspecified atom stereocenters. The quantitative estimate of drug-likeness (QED) is 0.724. The molecule has 0 fully saturated rings. The predicted molar refractivity (Wildman–Crippen MR) is 107 cm³/mol. The first-order valence-corrected chi connectivity index (χ1v) is 8.52. The van der Waals surface area contributed by atoms with E-state index in [9.17, 15) is 4.79 Å². The number of amides is 1. The van der Waals surface area contributed by atoms with E-state index < -0.39 is 0 Å². The first-order valence-electron chi connectivity index (χ1n) is 8.52. The number of anilines is 1. The number of fused-ring (bicyclic) bond motifs is 3. The highest BCUT2D eigenvalue weighted by Crippen LogP contribution is 2.34. The van der Waals surface area contributed by atoms with Crippen LogP contribution in [0.5, 0.6) is 11.5 Å². The van der Waals surface area contributed by atoms with Crippen molar-refractivity contribution in [2.24, 2.45) is 4.99 Å². The molecule has 28 heavy (non-hydrogen) atoms. The van der Waals surface area contributed by atoms with Crippen molar-refractivity contribution in [2.45, 2.75) is 13.5 Å². The Hall–Kier alpha value is -3.13. The summed E-state index contributed by atoms with van der Waals surface area (Å²) >= 11 is 0. The Kier molecular flexibility index (Phi) is 5.51. The fourth-order valence-corrected chi connectivity index (χ4v) is 3.17. The van der Waals surface area contributed by atoms with Crippen molar-refractivity contribution in [1.82, 2.24) is 14.5 Å². The maximum atomic E-state index is 12.6. The van der Waals surface area contributed by atoms with Gasteiger partial charge in [-0.1, -0.05) is 0 Å². The SMILES string of the molecule is COc1cc2nc(=NC(=O)c3cncc(C)c3)n3c(c2cc1OC)NCC3.Cl. The lowest BCUT2D eigenvalue weighted by molar-refractivity contribution is 0.0996. The monoisotopic (exact) mass is 401 g/mol. The van der Waals surface area contributed by atoms with Crippen molar-refractivity contribution in [3.8, 4) is 11.5 Å². The molecule has 9 heteroatoms. The van der Waals surface area contributed by atoms with Gasteiger partial charge in [0.1, 0.15) is 5.82 Å². The molecule has 3 aromatic rings. The van der Waals surface area contributed by atoms with Crippen LogP contribution < -0.4 is 20.4 Å². The second-order valence-corrected chi connectivity index (χ2v) is 6.23. The molecule has 0 radical (unpaired) electrons. The van der Waals surface area contributed by atoms with E-state index in [1.165, 1.54) is 6.20 Å². The summed E-state index contributed by atoms with van der Waals surface area (Å²) in [6.07, 6.45) is 3.21. The Balaban J connectivity index is 0.00000225. The van der Waals surface area contributed by atoms with Gasteiger partial charge in [0.15, 0.2) is 11.5 Å². The number of benzene rings is 1. The number of nitrogens with one attached hydrogen (secondary N) is 1. The molecule has 2 aromatic heterocycles. The molecule has 4 rings (SSSR count). The molecular weight excluding hydrogens is 382 g/mol. The van der Waals surface area contributed by atoms with Gasteiger partial charge in [-0.05, 0) is 24.6 Å². The molecule has 146 valence electrons. The van der Waals surface area contributed by atoms with Gasteiger partial charge in [-0.2, -0.15) is 4.99 Å². The van der Waals surface area contributed by atoms with Crippen molar-refractivity contribution >= 4 is 35.0 Å². The predicted octanol–water partition coefficient (Wildman–Crippen LogP) is 2.35. The number of hydrogen-bond donors (Lipinski definition) is 1. The second-order valence-electron chi connectivity index (χ2n) is 6.23. The van der Waals surface area contributed by atoms with Crippen molar-refractivity contribution in [3.63, 3.8) is 0 Å². The van der Waals surface area contributed by atoms with Gasteiger partial charge >= 0.3 is 0 Å². The third kappa shape index (κ3) is 3.38. The van der Waals surface area contributed by atoms with E-state index in [4.69, 9.17) is 9.47 Å². The topological polar surface area (TPSA) is 90.6 Å². The lowest BCUT2D eigenvalue weighted by Crippen LogP contribution is -2.24. The third-order valence-corrected chi connectivity index (χ3v) is 4.44. The van der Waals surface area contributed by atoms with E-state index in [1.54, 1.807) is 32.5 Å². The number of aryl methyl sites for hydroxylation is 1. The van der Waals surface area contributed by atoms with E-state index in [0.29, 0.717) is 34.7 Å². The normalized spacial score (nSPS) is 12.9. The van der Waals surface area contributed by atoms with Gasteiger partial charge in [-0.25, -0.2) is 4.98 Å². The molecule has 0 bridgehead atoms. The zero-order valence-electron chi connectivity index (χ0n) is 15.7. The van der Waals surface area contributed by atoms with E-state index in [0.717, 1.165) is 23.3 Å². The minimum Gasteiger partial charge on any atom is -0.493 e. The zero-order chi connectivity index (χ0) is 19.0. The van der Waals surface area contributed by atoms with E-state index in [1.807, 2.05) is 17.6 Å². The maximum Gasteiger partial charge on any atom is 0.281 e. The van der Waals surface area contributed by atoms with Gasteiger partial charge in [0.25, 0.3) is 5.91 Å². The number of rotatable bonds is 3. The molecule has 0 saturated carbocycles. The molecule has 1 amide bonds. The van der Waals surface area contributed by atoms with Crippen LogP contribution in [0.2, 0.25) is 0 Å². The Labute approximate surface area is 167 Å². The maximum absolute atomic E-state index is 12.6. The molecular formula is C19H20ClN5O3. The second kappa shape index (κ2) is 7.85. The first kappa shape index (κ1) is 19.6. The molecule has 3 heterocycles. The van der Waals surface area contributed by atoms with Crippen LogP contribution in [0.3, 0.4) is 0 Å². The minimum atomic E-state index is -0.375. The minimum absolute atomic E-state index is 0. The van der Waals surface area contributed by atoms with Crippen LogP contribution in [0.1, 0.15) is 15.9 Å². The van der Waals surface area contributed by atoms with Crippen molar-refractivity contribution in [2.75, 3.05) is 26.1 Å². The number of halogens is 1. The van der Waals surface area contributed by atoms with Crippen molar-refractivity contribution in [1.29, 1.82) is 0 Å². The van der Waals surface area contributed by atoms with E-state index in [-0.39, 0.29) is 18.3 Å². The molecule has 0 spiro atoms. The Bertz CT molecular complexity index is 1130. The summed E-state index contributed by atoms with van der Waals surface area (Å²) in [6, 6.07) is 5.42. The van der Waals surface area contributed by atoms with Gasteiger partial charge in [0.2, 0.25) is 5.62 Å². The highest BCUT2D eigenvalue weighted by molar-refractivity contribution is 5.95. The lowest BCUT2D eigenvalue weighted by atomic mass is 10.2. The summed E-state index contributed by atoms with van der Waals surface area (Å²) in [5, 5.41) is 4.22. The number of carbonyl (C=O) groups excluding carboxylic acids is 1. The molecule has 0 aliphatic carbocycles. The Morgan fingerprint density at radius 2 is 1.93 bits per heavy atom. The molecule has 1 aromatic carbocycles. The summed E-state index contributed by atoms with van der Waals surface area (Å²) < 4.78 is 12.7. The van der Waals surface area contributed by atoms with Crippen LogP contribution in [-0.2, 0) is 6.54 Å². The molecule has 0 atom stereocenters. The number of pyridine rings is 1. The van der Waals surface area contributed by atoms with Gasteiger partial charge in [0.05, 0.1) is 25.3 Å². The molecule has 0 saturated heterocycles. The highest BCUT2D eigenvalue weighted by atomic mass is 35.5. The van der Waals surface area contributed by atoms with Crippen LogP contribution in [0.15, 0.2) is 35.6 Å². The van der Waals surface area contributed by atoms with Crippen LogP contribution in [-0.4, -0.2) is 41.2 Å². The van der Waals surface area contributed by atoms with Crippen molar-refractivity contribution in [3.05, 3.63) is 47.3 Å². The summed E-state index contributed by atoms with van der Waals surface area (Å²) in [7, 11) is 3.17. The summed E-state index contributed by atoms with van der Waals surface area (Å²) in [6.45, 7) is 3.29. The summed E-state index contributed by atoms with van der Waals surface area (Å²) in [5.41, 5.74) is 2.35. The third-order valence-electron chi connectivity index (χ3n) is 4.44. The molecule has 1 aliphatic rings. The molecule has 1 N–H and O–H groups in total. The fourth-order valence-electron chi connectivity index (χ4n) is 3.17. The standard InChI is InChI=1S/C19H19N5O3.ClH/c1-11-6-12(10-20-9-11)18(25)23-19-22-14-8-16(27-3)15(26-2)7-13(14)17-21-4-5-24(17)19;/h6-10,21H,4-5H2,1-3H3;1H. The zero-order valence-corrected chi connectivity index (χ0v) is 16.5. The number of carbonyl (C=O) groups is 1. The number of aromatic nitrogens is 3. The molecule has 8 nitrogen and oxygen atoms in total. The lowest BCUT2D eigenvalue weighted by Gasteiger charge is -2.12. The van der Waals surface area contributed by atoms with E-state index in [2.05, 4.69) is 20.3 Å². The largest absolute Gasteiger partial charge is 0.493 e. The average molecular weight is 402 g/mol. The van der Waals surface area contributed by atoms with Gasteiger partial charge < -0.3 is 14.8 Å². The number of nitrogens with zero attached hydrogens (tertiary/aromatic N) is 4. The smallest absolute Gasteiger partial charge is 0.281 e. The van der Waals surface area contributed by atoms with Crippen molar-refractivity contribution < 1.29 is 14.3 Å². The van der Waals surface area contributed by atoms with Crippen LogP contribution in [0.4, 0.5) is 5.82 Å². The average Bonchev–Trinajstić information content (AvgIpc) is 3.17. The van der Waals surface area contributed by atoms with Crippen LogP contribution >= 0.6 is 12.4 Å². The Morgan fingerprint density at radius 1 is 1.18 bits per heavy atom. The highest BCUT2D eigenvalue weighted by Gasteiger charge is 2.18. The number of methoxy groups -OCH3 is 2. The van der Waals surface area contributed by atoms with Crippen LogP contribution in [0.25, 0.3) is 10.9 Å². The Morgan fingerprint density at radius 3 is 2.64 bits per heavy atom. The van der Waals surface area contributed by atoms with Gasteiger partial charge in [-0.3, -0.25) is 14.3 Å². The summed E-state index contributed by atoms with van der Waals surface area (Å²) in [5.74, 6) is 1.67. The first-order chi connectivity index (χ1) is 13.1. The molecule has 1 aliphatic heterocycles. The van der Waals surface area contributed by atoms with E-state index >= 15 is 0 Å². The van der Waals surface area contributed by atoms with Gasteiger partial charge in [0, 0.05) is 36.9 Å². The fraction of sp³-hybridized carbons (Fsp3) is 0.263. The van der Waals surface area contributed by atoms with Gasteiger partial charge in [-0.15, -0.1) is 12.4 Å². The van der Waals surface area contributed by atoms with Crippen LogP contribution in [0, 0.1) is 6.92 Å². The number of hydrogen-bond acceptors (Lipinski definition) is 6.